The number of nitrogens with one attached hydrogen (secondary N) is 1. The number of fused-ring (bicyclic) bond motifs is 1. The Labute approximate surface area is 98.4 Å². The molecule has 0 aliphatic rings. The van der Waals surface area contributed by atoms with Crippen molar-refractivity contribution in [3.05, 3.63) is 29.7 Å². The van der Waals surface area contributed by atoms with Gasteiger partial charge in [0.15, 0.2) is 5.69 Å². The fraction of sp³-hybridized carbons (Fsp3) is 0.333. The number of rotatable bonds is 3. The Bertz CT molecular complexity index is 546. The van der Waals surface area contributed by atoms with Crippen molar-refractivity contribution in [2.75, 3.05) is 13.1 Å². The highest BCUT2D eigenvalue weighted by atomic mass is 19.1. The van der Waals surface area contributed by atoms with Crippen LogP contribution in [0.25, 0.3) is 10.9 Å². The van der Waals surface area contributed by atoms with Gasteiger partial charge in [0, 0.05) is 18.5 Å². The molecule has 0 saturated heterocycles. The standard InChI is InChI=1S/C12H14FN3O/c1-3-16(4-2)12(17)11-9-7-8(13)5-6-10(9)14-15-11/h5-7H,3-4H2,1-2H3,(H,14,15). The molecule has 0 fully saturated rings. The van der Waals surface area contributed by atoms with Crippen molar-refractivity contribution >= 4 is 16.8 Å². The van der Waals surface area contributed by atoms with Gasteiger partial charge in [-0.25, -0.2) is 4.39 Å². The first-order chi connectivity index (χ1) is 8.17. The molecule has 1 N–H and O–H groups in total. The summed E-state index contributed by atoms with van der Waals surface area (Å²) in [5.74, 6) is -0.542. The number of aromatic amines is 1. The van der Waals surface area contributed by atoms with E-state index in [9.17, 15) is 9.18 Å². The fourth-order valence-corrected chi connectivity index (χ4v) is 1.81. The molecule has 0 aliphatic heterocycles. The molecule has 0 aliphatic carbocycles. The molecular weight excluding hydrogens is 221 g/mol. The number of hydrogen-bond acceptors (Lipinski definition) is 2. The predicted octanol–water partition coefficient (Wildman–Crippen LogP) is 2.18. The maximum absolute atomic E-state index is 13.2. The first kappa shape index (κ1) is 11.6. The van der Waals surface area contributed by atoms with Gasteiger partial charge in [0.2, 0.25) is 0 Å². The van der Waals surface area contributed by atoms with Gasteiger partial charge in [-0.1, -0.05) is 0 Å². The van der Waals surface area contributed by atoms with Crippen LogP contribution in [0, 0.1) is 5.82 Å². The topological polar surface area (TPSA) is 49.0 Å². The van der Waals surface area contributed by atoms with Crippen molar-refractivity contribution in [3.8, 4) is 0 Å². The van der Waals surface area contributed by atoms with Crippen molar-refractivity contribution in [1.29, 1.82) is 0 Å². The highest BCUT2D eigenvalue weighted by molar-refractivity contribution is 6.04. The second-order valence-corrected chi connectivity index (χ2v) is 3.74. The maximum Gasteiger partial charge on any atom is 0.274 e. The van der Waals surface area contributed by atoms with E-state index in [0.29, 0.717) is 24.0 Å². The smallest absolute Gasteiger partial charge is 0.274 e. The molecule has 2 rings (SSSR count). The summed E-state index contributed by atoms with van der Waals surface area (Å²) in [7, 11) is 0. The van der Waals surface area contributed by atoms with Crippen LogP contribution in [0.1, 0.15) is 24.3 Å². The molecule has 2 aromatic rings. The molecule has 1 heterocycles. The first-order valence-electron chi connectivity index (χ1n) is 5.60. The Kier molecular flexibility index (Phi) is 3.08. The molecule has 1 aromatic heterocycles. The van der Waals surface area contributed by atoms with E-state index in [0.717, 1.165) is 0 Å². The summed E-state index contributed by atoms with van der Waals surface area (Å²) < 4.78 is 13.2. The van der Waals surface area contributed by atoms with Crippen molar-refractivity contribution in [2.24, 2.45) is 0 Å². The zero-order valence-electron chi connectivity index (χ0n) is 9.83. The van der Waals surface area contributed by atoms with E-state index < -0.39 is 0 Å². The average molecular weight is 235 g/mol. The molecule has 0 bridgehead atoms. The van der Waals surface area contributed by atoms with Gasteiger partial charge in [-0.2, -0.15) is 5.10 Å². The van der Waals surface area contributed by atoms with Gasteiger partial charge in [-0.05, 0) is 32.0 Å². The van der Waals surface area contributed by atoms with Crippen LogP contribution in [-0.4, -0.2) is 34.1 Å². The number of benzene rings is 1. The van der Waals surface area contributed by atoms with Crippen molar-refractivity contribution in [3.63, 3.8) is 0 Å². The molecular formula is C12H14FN3O. The molecule has 5 heteroatoms. The van der Waals surface area contributed by atoms with Crippen LogP contribution < -0.4 is 0 Å². The number of amides is 1. The lowest BCUT2D eigenvalue weighted by Gasteiger charge is -2.17. The van der Waals surface area contributed by atoms with Gasteiger partial charge < -0.3 is 4.90 Å². The number of carbonyl (C=O) groups is 1. The fourth-order valence-electron chi connectivity index (χ4n) is 1.81. The zero-order valence-corrected chi connectivity index (χ0v) is 9.83. The van der Waals surface area contributed by atoms with Gasteiger partial charge in [-0.15, -0.1) is 0 Å². The van der Waals surface area contributed by atoms with Crippen LogP contribution in [0.15, 0.2) is 18.2 Å². The molecule has 1 amide bonds. The molecule has 0 radical (unpaired) electrons. The third kappa shape index (κ3) is 2.00. The minimum atomic E-state index is -0.368. The van der Waals surface area contributed by atoms with Gasteiger partial charge >= 0.3 is 0 Å². The molecule has 0 spiro atoms. The van der Waals surface area contributed by atoms with E-state index in [1.165, 1.54) is 12.1 Å². The van der Waals surface area contributed by atoms with Crippen LogP contribution >= 0.6 is 0 Å². The van der Waals surface area contributed by atoms with E-state index in [-0.39, 0.29) is 17.4 Å². The Balaban J connectivity index is 2.48. The van der Waals surface area contributed by atoms with Crippen LogP contribution in [0.4, 0.5) is 4.39 Å². The molecule has 17 heavy (non-hydrogen) atoms. The van der Waals surface area contributed by atoms with Crippen molar-refractivity contribution < 1.29 is 9.18 Å². The predicted molar refractivity (Wildman–Crippen MR) is 63.3 cm³/mol. The van der Waals surface area contributed by atoms with Crippen LogP contribution in [0.3, 0.4) is 0 Å². The maximum atomic E-state index is 13.2. The van der Waals surface area contributed by atoms with Crippen LogP contribution in [0.2, 0.25) is 0 Å². The Morgan fingerprint density at radius 3 is 2.76 bits per heavy atom. The number of H-pyrrole nitrogens is 1. The second kappa shape index (κ2) is 4.53. The van der Waals surface area contributed by atoms with Gasteiger partial charge in [-0.3, -0.25) is 9.89 Å². The number of halogens is 1. The summed E-state index contributed by atoms with van der Waals surface area (Å²) in [5.41, 5.74) is 0.949. The minimum Gasteiger partial charge on any atom is -0.338 e. The largest absolute Gasteiger partial charge is 0.338 e. The zero-order chi connectivity index (χ0) is 12.4. The first-order valence-corrected chi connectivity index (χ1v) is 5.60. The molecule has 4 nitrogen and oxygen atoms in total. The average Bonchev–Trinajstić information content (AvgIpc) is 2.73. The van der Waals surface area contributed by atoms with E-state index in [4.69, 9.17) is 0 Å². The molecule has 0 unspecified atom stereocenters. The third-order valence-electron chi connectivity index (χ3n) is 2.78. The van der Waals surface area contributed by atoms with Crippen LogP contribution in [0.5, 0.6) is 0 Å². The molecule has 1 aromatic carbocycles. The number of carbonyl (C=O) groups excluding carboxylic acids is 1. The lowest BCUT2D eigenvalue weighted by atomic mass is 10.2. The van der Waals surface area contributed by atoms with E-state index >= 15 is 0 Å². The van der Waals surface area contributed by atoms with Gasteiger partial charge in [0.25, 0.3) is 5.91 Å². The van der Waals surface area contributed by atoms with E-state index in [1.54, 1.807) is 11.0 Å². The van der Waals surface area contributed by atoms with Gasteiger partial charge in [0.1, 0.15) is 5.82 Å². The summed E-state index contributed by atoms with van der Waals surface area (Å²) >= 11 is 0. The Morgan fingerprint density at radius 2 is 2.12 bits per heavy atom. The SMILES string of the molecule is CCN(CC)C(=O)c1n[nH]c2ccc(F)cc12. The number of aromatic nitrogens is 2. The summed E-state index contributed by atoms with van der Waals surface area (Å²) in [6, 6.07) is 4.25. The number of nitrogens with zero attached hydrogens (tertiary/aromatic N) is 2. The summed E-state index contributed by atoms with van der Waals surface area (Å²) in [6.45, 7) is 5.02. The minimum absolute atomic E-state index is 0.174. The Hall–Kier alpha value is -1.91. The van der Waals surface area contributed by atoms with Crippen molar-refractivity contribution in [2.45, 2.75) is 13.8 Å². The number of hydrogen-bond donors (Lipinski definition) is 1. The van der Waals surface area contributed by atoms with Crippen LogP contribution in [-0.2, 0) is 0 Å². The lowest BCUT2D eigenvalue weighted by Crippen LogP contribution is -2.30. The molecule has 90 valence electrons. The van der Waals surface area contributed by atoms with Gasteiger partial charge in [0.05, 0.1) is 5.52 Å². The Morgan fingerprint density at radius 1 is 1.41 bits per heavy atom. The third-order valence-corrected chi connectivity index (χ3v) is 2.78. The summed E-state index contributed by atoms with van der Waals surface area (Å²) in [5, 5.41) is 7.23. The molecule has 0 atom stereocenters. The highest BCUT2D eigenvalue weighted by Crippen LogP contribution is 2.18. The van der Waals surface area contributed by atoms with Crippen molar-refractivity contribution in [1.82, 2.24) is 15.1 Å². The van der Waals surface area contributed by atoms with E-state index in [2.05, 4.69) is 10.2 Å². The molecule has 0 saturated carbocycles. The van der Waals surface area contributed by atoms with E-state index in [1.807, 2.05) is 13.8 Å². The summed E-state index contributed by atoms with van der Waals surface area (Å²) in [6.07, 6.45) is 0. The highest BCUT2D eigenvalue weighted by Gasteiger charge is 2.18. The summed E-state index contributed by atoms with van der Waals surface area (Å²) in [4.78, 5) is 13.8. The normalized spacial score (nSPS) is 10.8. The lowest BCUT2D eigenvalue weighted by molar-refractivity contribution is 0.0769. The monoisotopic (exact) mass is 235 g/mol. The quantitative estimate of drug-likeness (QED) is 0.886. The second-order valence-electron chi connectivity index (χ2n) is 3.74.